The van der Waals surface area contributed by atoms with Gasteiger partial charge in [0.1, 0.15) is 0 Å². The van der Waals surface area contributed by atoms with Crippen LogP contribution in [0.1, 0.15) is 12.8 Å². The first-order valence-corrected chi connectivity index (χ1v) is 4.81. The normalized spacial score (nSPS) is 17.9. The third-order valence-electron chi connectivity index (χ3n) is 2.97. The highest BCUT2D eigenvalue weighted by Crippen LogP contribution is 2.46. The van der Waals surface area contributed by atoms with Crippen molar-refractivity contribution in [1.29, 1.82) is 0 Å². The van der Waals surface area contributed by atoms with Crippen LogP contribution in [-0.2, 0) is 4.79 Å². The standard InChI is InChI=1S/C10H15N3O/c1-13(8-2-5-12-6-8)9(14)10(7-11)3-4-10/h2,5-6,12H,3-4,7,11H2,1H3. The fourth-order valence-electron chi connectivity index (χ4n) is 1.65. The topological polar surface area (TPSA) is 62.1 Å². The average molecular weight is 193 g/mol. The third kappa shape index (κ3) is 1.32. The summed E-state index contributed by atoms with van der Waals surface area (Å²) < 4.78 is 0. The fraction of sp³-hybridized carbons (Fsp3) is 0.500. The van der Waals surface area contributed by atoms with Gasteiger partial charge in [-0.1, -0.05) is 0 Å². The van der Waals surface area contributed by atoms with Crippen molar-refractivity contribution in [1.82, 2.24) is 4.98 Å². The number of carbonyl (C=O) groups excluding carboxylic acids is 1. The highest BCUT2D eigenvalue weighted by atomic mass is 16.2. The van der Waals surface area contributed by atoms with Crippen molar-refractivity contribution < 1.29 is 4.79 Å². The molecule has 1 aliphatic carbocycles. The van der Waals surface area contributed by atoms with Crippen LogP contribution in [0.5, 0.6) is 0 Å². The first kappa shape index (κ1) is 9.27. The predicted molar refractivity (Wildman–Crippen MR) is 54.9 cm³/mol. The Bertz CT molecular complexity index is 327. The molecule has 1 fully saturated rings. The molecule has 0 radical (unpaired) electrons. The first-order chi connectivity index (χ1) is 6.69. The number of H-pyrrole nitrogens is 1. The van der Waals surface area contributed by atoms with Crippen LogP contribution in [0.25, 0.3) is 0 Å². The van der Waals surface area contributed by atoms with Gasteiger partial charge in [-0.3, -0.25) is 4.79 Å². The Morgan fingerprint density at radius 3 is 2.86 bits per heavy atom. The van der Waals surface area contributed by atoms with Crippen molar-refractivity contribution in [2.24, 2.45) is 11.1 Å². The van der Waals surface area contributed by atoms with E-state index in [-0.39, 0.29) is 11.3 Å². The zero-order chi connectivity index (χ0) is 10.2. The number of amides is 1. The van der Waals surface area contributed by atoms with Crippen LogP contribution in [0.2, 0.25) is 0 Å². The number of hydrogen-bond acceptors (Lipinski definition) is 2. The number of aromatic nitrogens is 1. The minimum Gasteiger partial charge on any atom is -0.366 e. The smallest absolute Gasteiger partial charge is 0.234 e. The molecule has 0 aromatic carbocycles. The Morgan fingerprint density at radius 1 is 1.71 bits per heavy atom. The summed E-state index contributed by atoms with van der Waals surface area (Å²) >= 11 is 0. The van der Waals surface area contributed by atoms with Gasteiger partial charge in [0.25, 0.3) is 0 Å². The van der Waals surface area contributed by atoms with Gasteiger partial charge in [-0.05, 0) is 18.9 Å². The zero-order valence-corrected chi connectivity index (χ0v) is 8.29. The van der Waals surface area contributed by atoms with Gasteiger partial charge >= 0.3 is 0 Å². The number of nitrogens with zero attached hydrogens (tertiary/aromatic N) is 1. The van der Waals surface area contributed by atoms with Crippen molar-refractivity contribution in [2.45, 2.75) is 12.8 Å². The molecular weight excluding hydrogens is 178 g/mol. The van der Waals surface area contributed by atoms with E-state index in [0.717, 1.165) is 18.5 Å². The van der Waals surface area contributed by atoms with Crippen LogP contribution in [0.3, 0.4) is 0 Å². The maximum Gasteiger partial charge on any atom is 0.234 e. The summed E-state index contributed by atoms with van der Waals surface area (Å²) in [6.45, 7) is 0.459. The molecule has 0 unspecified atom stereocenters. The molecule has 0 spiro atoms. The van der Waals surface area contributed by atoms with Crippen LogP contribution in [0, 0.1) is 5.41 Å². The van der Waals surface area contributed by atoms with E-state index in [1.165, 1.54) is 0 Å². The molecular formula is C10H15N3O. The second-order valence-corrected chi connectivity index (χ2v) is 3.92. The Labute approximate surface area is 83.1 Å². The summed E-state index contributed by atoms with van der Waals surface area (Å²) in [6.07, 6.45) is 5.47. The van der Waals surface area contributed by atoms with E-state index in [4.69, 9.17) is 5.73 Å². The molecule has 1 heterocycles. The van der Waals surface area contributed by atoms with E-state index in [1.807, 2.05) is 12.3 Å². The van der Waals surface area contributed by atoms with Crippen LogP contribution in [0.15, 0.2) is 18.5 Å². The third-order valence-corrected chi connectivity index (χ3v) is 2.97. The maximum absolute atomic E-state index is 12.0. The summed E-state index contributed by atoms with van der Waals surface area (Å²) in [5, 5.41) is 0. The molecule has 3 N–H and O–H groups in total. The Hall–Kier alpha value is -1.29. The van der Waals surface area contributed by atoms with Gasteiger partial charge in [0.05, 0.1) is 11.1 Å². The van der Waals surface area contributed by atoms with Gasteiger partial charge in [0, 0.05) is 26.0 Å². The van der Waals surface area contributed by atoms with E-state index in [2.05, 4.69) is 4.98 Å². The number of nitrogens with two attached hydrogens (primary N) is 1. The lowest BCUT2D eigenvalue weighted by molar-refractivity contribution is -0.123. The monoisotopic (exact) mass is 193 g/mol. The highest BCUT2D eigenvalue weighted by Gasteiger charge is 2.50. The van der Waals surface area contributed by atoms with Crippen LogP contribution >= 0.6 is 0 Å². The Kier molecular flexibility index (Phi) is 2.07. The van der Waals surface area contributed by atoms with Crippen molar-refractivity contribution in [3.05, 3.63) is 18.5 Å². The van der Waals surface area contributed by atoms with E-state index < -0.39 is 0 Å². The second kappa shape index (κ2) is 3.13. The molecule has 14 heavy (non-hydrogen) atoms. The molecule has 0 aliphatic heterocycles. The Balaban J connectivity index is 2.13. The lowest BCUT2D eigenvalue weighted by Gasteiger charge is -2.21. The average Bonchev–Trinajstić information content (AvgIpc) is 2.82. The first-order valence-electron chi connectivity index (χ1n) is 4.81. The molecule has 1 amide bonds. The van der Waals surface area contributed by atoms with Crippen LogP contribution in [-0.4, -0.2) is 24.5 Å². The molecule has 0 saturated heterocycles. The molecule has 1 aromatic rings. The van der Waals surface area contributed by atoms with E-state index >= 15 is 0 Å². The SMILES string of the molecule is CN(C(=O)C1(CN)CC1)c1cc[nH]c1. The number of aromatic amines is 1. The highest BCUT2D eigenvalue weighted by molar-refractivity contribution is 5.98. The largest absolute Gasteiger partial charge is 0.366 e. The van der Waals surface area contributed by atoms with Crippen molar-refractivity contribution in [2.75, 3.05) is 18.5 Å². The van der Waals surface area contributed by atoms with Crippen molar-refractivity contribution in [3.63, 3.8) is 0 Å². The summed E-state index contributed by atoms with van der Waals surface area (Å²) in [6, 6.07) is 1.88. The lowest BCUT2D eigenvalue weighted by Crippen LogP contribution is -2.37. The van der Waals surface area contributed by atoms with E-state index in [0.29, 0.717) is 6.54 Å². The predicted octanol–water partition coefficient (Wildman–Crippen LogP) is 0.716. The molecule has 4 heteroatoms. The lowest BCUT2D eigenvalue weighted by atomic mass is 10.1. The van der Waals surface area contributed by atoms with Crippen molar-refractivity contribution >= 4 is 11.6 Å². The van der Waals surface area contributed by atoms with Gasteiger partial charge in [-0.25, -0.2) is 0 Å². The van der Waals surface area contributed by atoms with E-state index in [1.54, 1.807) is 18.1 Å². The zero-order valence-electron chi connectivity index (χ0n) is 8.29. The minimum atomic E-state index is -0.258. The molecule has 1 aromatic heterocycles. The fourth-order valence-corrected chi connectivity index (χ4v) is 1.65. The minimum absolute atomic E-state index is 0.139. The summed E-state index contributed by atoms with van der Waals surface area (Å²) in [5.41, 5.74) is 6.25. The van der Waals surface area contributed by atoms with Crippen LogP contribution in [0.4, 0.5) is 5.69 Å². The molecule has 0 atom stereocenters. The summed E-state index contributed by atoms with van der Waals surface area (Å²) in [7, 11) is 1.79. The summed E-state index contributed by atoms with van der Waals surface area (Å²) in [5.74, 6) is 0.139. The van der Waals surface area contributed by atoms with Gasteiger partial charge < -0.3 is 15.6 Å². The summed E-state index contributed by atoms with van der Waals surface area (Å²) in [4.78, 5) is 16.6. The van der Waals surface area contributed by atoms with Gasteiger partial charge in [-0.2, -0.15) is 0 Å². The quantitative estimate of drug-likeness (QED) is 0.743. The number of hydrogen-bond donors (Lipinski definition) is 2. The van der Waals surface area contributed by atoms with Crippen LogP contribution < -0.4 is 10.6 Å². The molecule has 2 rings (SSSR count). The van der Waals surface area contributed by atoms with E-state index in [9.17, 15) is 4.79 Å². The molecule has 1 saturated carbocycles. The molecule has 1 aliphatic rings. The molecule has 76 valence electrons. The van der Waals surface area contributed by atoms with Gasteiger partial charge in [0.15, 0.2) is 0 Å². The number of nitrogens with one attached hydrogen (secondary N) is 1. The van der Waals surface area contributed by atoms with Crippen molar-refractivity contribution in [3.8, 4) is 0 Å². The number of carbonyl (C=O) groups is 1. The Morgan fingerprint density at radius 2 is 2.43 bits per heavy atom. The molecule has 0 bridgehead atoms. The van der Waals surface area contributed by atoms with Gasteiger partial charge in [-0.15, -0.1) is 0 Å². The van der Waals surface area contributed by atoms with Gasteiger partial charge in [0.2, 0.25) is 5.91 Å². The second-order valence-electron chi connectivity index (χ2n) is 3.92. The molecule has 4 nitrogen and oxygen atoms in total. The maximum atomic E-state index is 12.0. The number of rotatable bonds is 3. The number of anilines is 1.